The molecule has 0 saturated heterocycles. The lowest BCUT2D eigenvalue weighted by Crippen LogP contribution is -2.20. The highest BCUT2D eigenvalue weighted by molar-refractivity contribution is 5.93. The third kappa shape index (κ3) is 9.14. The lowest BCUT2D eigenvalue weighted by Gasteiger charge is -2.10. The fourth-order valence-corrected chi connectivity index (χ4v) is 1.80. The van der Waals surface area contributed by atoms with Crippen LogP contribution < -0.4 is 10.6 Å². The molecule has 0 spiro atoms. The van der Waals surface area contributed by atoms with Gasteiger partial charge in [-0.25, -0.2) is 0 Å². The lowest BCUT2D eigenvalue weighted by atomic mass is 10.1. The first kappa shape index (κ1) is 20.0. The molecule has 0 fully saturated rings. The number of carbonyl (C=O) groups is 2. The summed E-state index contributed by atoms with van der Waals surface area (Å²) < 4.78 is 40.0. The second-order valence-corrected chi connectivity index (χ2v) is 5.69. The van der Waals surface area contributed by atoms with Crippen LogP contribution >= 0.6 is 0 Å². The van der Waals surface area contributed by atoms with Gasteiger partial charge in [-0.2, -0.15) is 13.2 Å². The number of halogens is 3. The van der Waals surface area contributed by atoms with Gasteiger partial charge in [-0.3, -0.25) is 9.59 Å². The predicted molar refractivity (Wildman–Crippen MR) is 84.6 cm³/mol. The summed E-state index contributed by atoms with van der Waals surface area (Å²) in [6.07, 6.45) is -4.16. The third-order valence-electron chi connectivity index (χ3n) is 2.79. The third-order valence-corrected chi connectivity index (χ3v) is 2.79. The Morgan fingerprint density at radius 3 is 2.00 bits per heavy atom. The summed E-state index contributed by atoms with van der Waals surface area (Å²) in [5.74, 6) is -0.291. The van der Waals surface area contributed by atoms with Gasteiger partial charge >= 0.3 is 6.18 Å². The molecule has 1 aromatic carbocycles. The van der Waals surface area contributed by atoms with Gasteiger partial charge in [0.1, 0.15) is 6.61 Å². The van der Waals surface area contributed by atoms with E-state index in [1.807, 2.05) is 13.8 Å². The van der Waals surface area contributed by atoms with Gasteiger partial charge < -0.3 is 15.4 Å². The van der Waals surface area contributed by atoms with Crippen LogP contribution in [0, 0.1) is 5.92 Å². The molecule has 0 aromatic heterocycles. The molecule has 0 aliphatic rings. The van der Waals surface area contributed by atoms with E-state index in [0.29, 0.717) is 17.8 Å². The molecule has 8 heteroatoms. The molecule has 5 nitrogen and oxygen atoms in total. The molecule has 2 amide bonds. The number of amides is 2. The number of hydrogen-bond donors (Lipinski definition) is 2. The highest BCUT2D eigenvalue weighted by atomic mass is 19.4. The van der Waals surface area contributed by atoms with Crippen molar-refractivity contribution in [3.8, 4) is 0 Å². The van der Waals surface area contributed by atoms with E-state index in [-0.39, 0.29) is 24.9 Å². The second kappa shape index (κ2) is 9.27. The van der Waals surface area contributed by atoms with Crippen LogP contribution in [0.1, 0.15) is 26.7 Å². The van der Waals surface area contributed by atoms with Crippen molar-refractivity contribution >= 4 is 23.2 Å². The number of ether oxygens (including phenoxy) is 1. The Hall–Kier alpha value is -2.09. The number of anilines is 2. The summed E-state index contributed by atoms with van der Waals surface area (Å²) in [6, 6.07) is 6.46. The number of nitrogens with one attached hydrogen (secondary N) is 2. The van der Waals surface area contributed by atoms with Gasteiger partial charge in [-0.15, -0.1) is 0 Å². The van der Waals surface area contributed by atoms with Gasteiger partial charge in [-0.05, 0) is 30.2 Å². The minimum Gasteiger partial charge on any atom is -0.372 e. The van der Waals surface area contributed by atoms with E-state index in [9.17, 15) is 22.8 Å². The van der Waals surface area contributed by atoms with Crippen LogP contribution in [0.25, 0.3) is 0 Å². The van der Waals surface area contributed by atoms with Crippen molar-refractivity contribution in [2.24, 2.45) is 5.92 Å². The summed E-state index contributed by atoms with van der Waals surface area (Å²) in [7, 11) is 0. The van der Waals surface area contributed by atoms with Crippen molar-refractivity contribution in [3.05, 3.63) is 24.3 Å². The number of rotatable bonds is 8. The van der Waals surface area contributed by atoms with Crippen LogP contribution in [0.4, 0.5) is 24.5 Å². The van der Waals surface area contributed by atoms with Crippen molar-refractivity contribution in [1.82, 2.24) is 0 Å². The highest BCUT2D eigenvalue weighted by Gasteiger charge is 2.27. The van der Waals surface area contributed by atoms with E-state index < -0.39 is 18.7 Å². The van der Waals surface area contributed by atoms with Crippen LogP contribution in [-0.2, 0) is 14.3 Å². The van der Waals surface area contributed by atoms with Crippen LogP contribution in [0.5, 0.6) is 0 Å². The average molecular weight is 346 g/mol. The van der Waals surface area contributed by atoms with Crippen molar-refractivity contribution < 1.29 is 27.5 Å². The van der Waals surface area contributed by atoms with E-state index in [2.05, 4.69) is 15.4 Å². The Bertz CT molecular complexity index is 542. The average Bonchev–Trinajstić information content (AvgIpc) is 2.44. The number of benzene rings is 1. The number of hydrogen-bond acceptors (Lipinski definition) is 3. The first-order valence-electron chi connectivity index (χ1n) is 7.50. The molecule has 0 aliphatic heterocycles. The van der Waals surface area contributed by atoms with E-state index in [1.54, 1.807) is 24.3 Å². The van der Waals surface area contributed by atoms with Crippen LogP contribution in [0.15, 0.2) is 24.3 Å². The summed E-state index contributed by atoms with van der Waals surface area (Å²) >= 11 is 0. The van der Waals surface area contributed by atoms with Crippen LogP contribution in [0.2, 0.25) is 0 Å². The molecule has 0 saturated carbocycles. The maximum absolute atomic E-state index is 11.9. The monoisotopic (exact) mass is 346 g/mol. The molecule has 0 atom stereocenters. The zero-order chi connectivity index (χ0) is 18.2. The minimum atomic E-state index is -4.40. The molecular formula is C16H21F3N2O3. The molecule has 0 radical (unpaired) electrons. The minimum absolute atomic E-state index is 0.0939. The Morgan fingerprint density at radius 1 is 1.04 bits per heavy atom. The fourth-order valence-electron chi connectivity index (χ4n) is 1.80. The molecule has 0 unspecified atom stereocenters. The SMILES string of the molecule is CC(C)CC(=O)Nc1ccc(NC(=O)CCOCC(F)(F)F)cc1. The van der Waals surface area contributed by atoms with E-state index >= 15 is 0 Å². The maximum atomic E-state index is 11.9. The Balaban J connectivity index is 2.35. The smallest absolute Gasteiger partial charge is 0.372 e. The first-order chi connectivity index (χ1) is 11.2. The molecule has 1 aromatic rings. The topological polar surface area (TPSA) is 67.4 Å². The maximum Gasteiger partial charge on any atom is 0.411 e. The number of carbonyl (C=O) groups excluding carboxylic acids is 2. The zero-order valence-electron chi connectivity index (χ0n) is 13.6. The van der Waals surface area contributed by atoms with Gasteiger partial charge in [0.2, 0.25) is 11.8 Å². The highest BCUT2D eigenvalue weighted by Crippen LogP contribution is 2.16. The van der Waals surface area contributed by atoms with E-state index in [1.165, 1.54) is 0 Å². The molecule has 1 rings (SSSR count). The van der Waals surface area contributed by atoms with Gasteiger partial charge in [0, 0.05) is 17.8 Å². The van der Waals surface area contributed by atoms with Crippen LogP contribution in [0.3, 0.4) is 0 Å². The van der Waals surface area contributed by atoms with Crippen molar-refractivity contribution in [2.75, 3.05) is 23.8 Å². The fraction of sp³-hybridized carbons (Fsp3) is 0.500. The Kier molecular flexibility index (Phi) is 7.70. The quantitative estimate of drug-likeness (QED) is 0.707. The van der Waals surface area contributed by atoms with Crippen molar-refractivity contribution in [2.45, 2.75) is 32.9 Å². The molecule has 0 aliphatic carbocycles. The van der Waals surface area contributed by atoms with Gasteiger partial charge in [-0.1, -0.05) is 13.8 Å². The Labute approximate surface area is 138 Å². The van der Waals surface area contributed by atoms with E-state index in [0.717, 1.165) is 0 Å². The van der Waals surface area contributed by atoms with Crippen molar-refractivity contribution in [1.29, 1.82) is 0 Å². The predicted octanol–water partition coefficient (Wildman–Crippen LogP) is 3.58. The first-order valence-corrected chi connectivity index (χ1v) is 7.50. The molecule has 24 heavy (non-hydrogen) atoms. The summed E-state index contributed by atoms with van der Waals surface area (Å²) in [4.78, 5) is 23.2. The number of alkyl halides is 3. The molecular weight excluding hydrogens is 325 g/mol. The Morgan fingerprint density at radius 2 is 1.54 bits per heavy atom. The molecule has 134 valence electrons. The standard InChI is InChI=1S/C16H21F3N2O3/c1-11(2)9-15(23)21-13-5-3-12(4-6-13)20-14(22)7-8-24-10-16(17,18)19/h3-6,11H,7-10H2,1-2H3,(H,20,22)(H,21,23). The van der Waals surface area contributed by atoms with Gasteiger partial charge in [0.25, 0.3) is 0 Å². The zero-order valence-corrected chi connectivity index (χ0v) is 13.6. The summed E-state index contributed by atoms with van der Waals surface area (Å²) in [5.41, 5.74) is 1.09. The normalized spacial score (nSPS) is 11.4. The van der Waals surface area contributed by atoms with E-state index in [4.69, 9.17) is 0 Å². The van der Waals surface area contributed by atoms with Crippen LogP contribution in [-0.4, -0.2) is 31.2 Å². The second-order valence-electron chi connectivity index (χ2n) is 5.69. The summed E-state index contributed by atoms with van der Waals surface area (Å²) in [6.45, 7) is 2.20. The van der Waals surface area contributed by atoms with Gasteiger partial charge in [0.05, 0.1) is 13.0 Å². The summed E-state index contributed by atoms with van der Waals surface area (Å²) in [5, 5.41) is 5.27. The van der Waals surface area contributed by atoms with Crippen molar-refractivity contribution in [3.63, 3.8) is 0 Å². The molecule has 2 N–H and O–H groups in total. The lowest BCUT2D eigenvalue weighted by molar-refractivity contribution is -0.174. The molecule has 0 heterocycles. The largest absolute Gasteiger partial charge is 0.411 e. The molecule has 0 bridgehead atoms. The van der Waals surface area contributed by atoms with Gasteiger partial charge in [0.15, 0.2) is 0 Å².